The lowest BCUT2D eigenvalue weighted by molar-refractivity contribution is 0.412. The normalized spacial score (nSPS) is 11.6. The van der Waals surface area contributed by atoms with Gasteiger partial charge in [-0.1, -0.05) is 12.1 Å². The largest absolute Gasteiger partial charge is 0.495 e. The van der Waals surface area contributed by atoms with E-state index in [9.17, 15) is 0 Å². The van der Waals surface area contributed by atoms with Crippen LogP contribution in [0.1, 0.15) is 19.5 Å². The van der Waals surface area contributed by atoms with Crippen LogP contribution in [0, 0.1) is 0 Å². The number of ether oxygens (including phenoxy) is 1. The van der Waals surface area contributed by atoms with Crippen LogP contribution < -0.4 is 10.5 Å². The van der Waals surface area contributed by atoms with E-state index in [0.29, 0.717) is 0 Å². The quantitative estimate of drug-likeness (QED) is 0.898. The third kappa shape index (κ3) is 2.71. The van der Waals surface area contributed by atoms with E-state index in [2.05, 4.69) is 4.98 Å². The molecule has 0 radical (unpaired) electrons. The summed E-state index contributed by atoms with van der Waals surface area (Å²) in [6, 6.07) is 7.88. The van der Waals surface area contributed by atoms with Gasteiger partial charge in [0.05, 0.1) is 19.1 Å². The van der Waals surface area contributed by atoms with Gasteiger partial charge in [-0.05, 0) is 26.0 Å². The van der Waals surface area contributed by atoms with E-state index in [1.165, 1.54) is 0 Å². The summed E-state index contributed by atoms with van der Waals surface area (Å²) < 4.78 is 7.40. The Morgan fingerprint density at radius 3 is 2.72 bits per heavy atom. The molecule has 0 aliphatic carbocycles. The van der Waals surface area contributed by atoms with Gasteiger partial charge >= 0.3 is 0 Å². The summed E-state index contributed by atoms with van der Waals surface area (Å²) in [7, 11) is 1.67. The van der Waals surface area contributed by atoms with Crippen molar-refractivity contribution in [1.29, 1.82) is 0 Å². The summed E-state index contributed by atoms with van der Waals surface area (Å²) in [5, 5.41) is 0. The molecule has 0 fully saturated rings. The summed E-state index contributed by atoms with van der Waals surface area (Å²) in [5.41, 5.74) is 7.87. The highest BCUT2D eigenvalue weighted by Crippen LogP contribution is 2.24. The maximum Gasteiger partial charge on any atom is 0.142 e. The third-order valence-electron chi connectivity index (χ3n) is 2.70. The van der Waals surface area contributed by atoms with Crippen molar-refractivity contribution in [3.63, 3.8) is 0 Å². The second-order valence-electron chi connectivity index (χ2n) is 5.09. The monoisotopic (exact) mass is 245 g/mol. The molecule has 0 bridgehead atoms. The molecule has 0 aliphatic heterocycles. The highest BCUT2D eigenvalue weighted by Gasteiger charge is 2.16. The van der Waals surface area contributed by atoms with Gasteiger partial charge in [-0.2, -0.15) is 0 Å². The number of para-hydroxylation sites is 2. The first-order chi connectivity index (χ1) is 8.51. The molecule has 0 aliphatic rings. The Balaban J connectivity index is 2.42. The van der Waals surface area contributed by atoms with Crippen LogP contribution >= 0.6 is 0 Å². The summed E-state index contributed by atoms with van der Waals surface area (Å²) in [6.45, 7) is 4.01. The summed E-state index contributed by atoms with van der Waals surface area (Å²) in [4.78, 5) is 4.21. The zero-order valence-corrected chi connectivity index (χ0v) is 11.1. The topological polar surface area (TPSA) is 53.1 Å². The minimum absolute atomic E-state index is 0.264. The summed E-state index contributed by atoms with van der Waals surface area (Å²) in [6.07, 6.45) is 4.39. The van der Waals surface area contributed by atoms with E-state index in [-0.39, 0.29) is 5.54 Å². The molecule has 0 saturated heterocycles. The Morgan fingerprint density at radius 2 is 2.06 bits per heavy atom. The lowest BCUT2D eigenvalue weighted by Crippen LogP contribution is -2.35. The highest BCUT2D eigenvalue weighted by molar-refractivity contribution is 5.47. The maximum absolute atomic E-state index is 6.07. The molecule has 0 atom stereocenters. The second-order valence-corrected chi connectivity index (χ2v) is 5.09. The first-order valence-corrected chi connectivity index (χ1v) is 5.95. The van der Waals surface area contributed by atoms with Crippen LogP contribution in [0.5, 0.6) is 5.75 Å². The fourth-order valence-corrected chi connectivity index (χ4v) is 1.97. The van der Waals surface area contributed by atoms with E-state index in [0.717, 1.165) is 23.6 Å². The number of imidazole rings is 1. The van der Waals surface area contributed by atoms with E-state index in [1.54, 1.807) is 13.4 Å². The van der Waals surface area contributed by atoms with Crippen LogP contribution in [0.15, 0.2) is 36.8 Å². The van der Waals surface area contributed by atoms with Crippen LogP contribution in [0.25, 0.3) is 5.69 Å². The van der Waals surface area contributed by atoms with Gasteiger partial charge in [0.1, 0.15) is 5.75 Å². The van der Waals surface area contributed by atoms with Crippen molar-refractivity contribution in [2.24, 2.45) is 5.73 Å². The predicted molar refractivity (Wildman–Crippen MR) is 72.1 cm³/mol. The summed E-state index contributed by atoms with van der Waals surface area (Å²) >= 11 is 0. The average molecular weight is 245 g/mol. The van der Waals surface area contributed by atoms with Gasteiger partial charge in [0.15, 0.2) is 0 Å². The van der Waals surface area contributed by atoms with E-state index in [4.69, 9.17) is 10.5 Å². The Hall–Kier alpha value is -1.81. The Kier molecular flexibility index (Phi) is 3.39. The van der Waals surface area contributed by atoms with Crippen molar-refractivity contribution >= 4 is 0 Å². The van der Waals surface area contributed by atoms with Gasteiger partial charge in [0.25, 0.3) is 0 Å². The molecular formula is C14H19N3O. The first-order valence-electron chi connectivity index (χ1n) is 5.95. The second kappa shape index (κ2) is 4.82. The number of nitrogens with zero attached hydrogens (tertiary/aromatic N) is 2. The van der Waals surface area contributed by atoms with Gasteiger partial charge in [0, 0.05) is 23.9 Å². The lowest BCUT2D eigenvalue weighted by Gasteiger charge is -2.20. The Bertz CT molecular complexity index is 526. The fourth-order valence-electron chi connectivity index (χ4n) is 1.97. The minimum atomic E-state index is -0.264. The standard InChI is InChI=1S/C14H19N3O/c1-14(2,15)8-11-9-16-10-17(11)12-6-4-5-7-13(12)18-3/h4-7,9-10H,8,15H2,1-3H3. The first kappa shape index (κ1) is 12.6. The predicted octanol–water partition coefficient (Wildman–Crippen LogP) is 2.16. The SMILES string of the molecule is COc1ccccc1-n1cncc1CC(C)(C)N. The van der Waals surface area contributed by atoms with Gasteiger partial charge in [-0.15, -0.1) is 0 Å². The van der Waals surface area contributed by atoms with Crippen LogP contribution in [0.2, 0.25) is 0 Å². The van der Waals surface area contributed by atoms with Crippen molar-refractivity contribution < 1.29 is 4.74 Å². The average Bonchev–Trinajstić information content (AvgIpc) is 2.74. The lowest BCUT2D eigenvalue weighted by atomic mass is 10.0. The van der Waals surface area contributed by atoms with Gasteiger partial charge in [-0.3, -0.25) is 4.57 Å². The Labute approximate surface area is 107 Å². The third-order valence-corrected chi connectivity index (χ3v) is 2.70. The molecule has 2 aromatic rings. The van der Waals surface area contributed by atoms with Crippen molar-refractivity contribution in [3.05, 3.63) is 42.5 Å². The molecule has 4 heteroatoms. The van der Waals surface area contributed by atoms with Crippen LogP contribution in [-0.2, 0) is 6.42 Å². The molecule has 96 valence electrons. The summed E-state index contributed by atoms with van der Waals surface area (Å²) in [5.74, 6) is 0.826. The zero-order chi connectivity index (χ0) is 13.2. The van der Waals surface area contributed by atoms with E-state index < -0.39 is 0 Å². The molecule has 0 unspecified atom stereocenters. The fraction of sp³-hybridized carbons (Fsp3) is 0.357. The molecule has 0 saturated carbocycles. The smallest absolute Gasteiger partial charge is 0.142 e. The Morgan fingerprint density at radius 1 is 1.33 bits per heavy atom. The number of methoxy groups -OCH3 is 1. The van der Waals surface area contributed by atoms with Crippen molar-refractivity contribution in [2.45, 2.75) is 25.8 Å². The minimum Gasteiger partial charge on any atom is -0.495 e. The van der Waals surface area contributed by atoms with Crippen LogP contribution in [0.3, 0.4) is 0 Å². The molecule has 1 heterocycles. The molecule has 2 rings (SSSR count). The van der Waals surface area contributed by atoms with Crippen molar-refractivity contribution in [1.82, 2.24) is 9.55 Å². The maximum atomic E-state index is 6.07. The number of nitrogens with two attached hydrogens (primary N) is 1. The molecule has 0 spiro atoms. The van der Waals surface area contributed by atoms with Gasteiger partial charge in [0.2, 0.25) is 0 Å². The molecular weight excluding hydrogens is 226 g/mol. The molecule has 18 heavy (non-hydrogen) atoms. The van der Waals surface area contributed by atoms with Crippen LogP contribution in [-0.4, -0.2) is 22.2 Å². The molecule has 1 aromatic heterocycles. The van der Waals surface area contributed by atoms with Gasteiger partial charge in [-0.25, -0.2) is 4.98 Å². The van der Waals surface area contributed by atoms with Gasteiger partial charge < -0.3 is 10.5 Å². The highest BCUT2D eigenvalue weighted by atomic mass is 16.5. The van der Waals surface area contributed by atoms with E-state index in [1.807, 2.05) is 48.9 Å². The number of hydrogen-bond acceptors (Lipinski definition) is 3. The number of aromatic nitrogens is 2. The van der Waals surface area contributed by atoms with Crippen LogP contribution in [0.4, 0.5) is 0 Å². The molecule has 0 amide bonds. The molecule has 1 aromatic carbocycles. The van der Waals surface area contributed by atoms with E-state index >= 15 is 0 Å². The molecule has 2 N–H and O–H groups in total. The zero-order valence-electron chi connectivity index (χ0n) is 11.1. The number of benzene rings is 1. The van der Waals surface area contributed by atoms with Crippen molar-refractivity contribution in [2.75, 3.05) is 7.11 Å². The van der Waals surface area contributed by atoms with Crippen molar-refractivity contribution in [3.8, 4) is 11.4 Å². The molecule has 4 nitrogen and oxygen atoms in total. The number of rotatable bonds is 4. The number of hydrogen-bond donors (Lipinski definition) is 1.